The summed E-state index contributed by atoms with van der Waals surface area (Å²) in [5, 5.41) is 2.78. The van der Waals surface area contributed by atoms with Gasteiger partial charge in [0.1, 0.15) is 17.7 Å². The lowest BCUT2D eigenvalue weighted by Gasteiger charge is -2.27. The Hall–Kier alpha value is -3.00. The first-order valence-corrected chi connectivity index (χ1v) is 11.1. The van der Waals surface area contributed by atoms with Gasteiger partial charge in [0.15, 0.2) is 5.17 Å². The van der Waals surface area contributed by atoms with Gasteiger partial charge in [0.25, 0.3) is 5.91 Å². The number of carbonyl (C=O) groups excluding carboxylic acids is 2. The van der Waals surface area contributed by atoms with Crippen LogP contribution < -0.4 is 5.32 Å². The van der Waals surface area contributed by atoms with E-state index in [0.717, 1.165) is 11.3 Å². The summed E-state index contributed by atoms with van der Waals surface area (Å²) in [4.78, 5) is 37.0. The van der Waals surface area contributed by atoms with E-state index in [0.29, 0.717) is 23.1 Å². The Morgan fingerprint density at radius 1 is 1.19 bits per heavy atom. The van der Waals surface area contributed by atoms with Crippen LogP contribution in [0.1, 0.15) is 32.8 Å². The highest BCUT2D eigenvalue weighted by atomic mass is 32.2. The van der Waals surface area contributed by atoms with Gasteiger partial charge in [-0.3, -0.25) is 14.6 Å². The molecular formula is C23H23FN4O2S. The molecule has 4 rings (SSSR count). The van der Waals surface area contributed by atoms with Gasteiger partial charge in [-0.15, -0.1) is 0 Å². The van der Waals surface area contributed by atoms with Gasteiger partial charge in [0, 0.05) is 11.3 Å². The Bertz CT molecular complexity index is 1080. The van der Waals surface area contributed by atoms with Crippen molar-refractivity contribution in [2.75, 3.05) is 5.32 Å². The van der Waals surface area contributed by atoms with Gasteiger partial charge < -0.3 is 5.32 Å². The number of nitrogens with one attached hydrogen (secondary N) is 1. The zero-order chi connectivity index (χ0) is 22.1. The molecule has 2 aromatic rings. The normalized spacial score (nSPS) is 18.3. The number of aliphatic imine (C=N–C) groups is 2. The van der Waals surface area contributed by atoms with Crippen LogP contribution in [0, 0.1) is 11.7 Å². The molecular weight excluding hydrogens is 415 g/mol. The van der Waals surface area contributed by atoms with Crippen LogP contribution in [-0.4, -0.2) is 39.0 Å². The van der Waals surface area contributed by atoms with Crippen molar-refractivity contribution in [1.82, 2.24) is 4.90 Å². The third kappa shape index (κ3) is 4.12. The highest BCUT2D eigenvalue weighted by Crippen LogP contribution is 2.36. The van der Waals surface area contributed by atoms with Crippen LogP contribution in [0.15, 0.2) is 58.5 Å². The molecule has 0 saturated heterocycles. The zero-order valence-electron chi connectivity index (χ0n) is 17.5. The molecule has 6 nitrogen and oxygen atoms in total. The maximum absolute atomic E-state index is 13.1. The molecule has 2 atom stereocenters. The molecule has 2 aromatic carbocycles. The van der Waals surface area contributed by atoms with Crippen molar-refractivity contribution in [3.63, 3.8) is 0 Å². The number of rotatable bonds is 5. The predicted octanol–water partition coefficient (Wildman–Crippen LogP) is 4.59. The SMILES string of the molecule is CC[C@@H](SC1=Nc2ccccc2C2=N[C@@H](C(C)C)C(=O)N12)C(=O)Nc1ccc(F)cc1. The molecule has 0 radical (unpaired) electrons. The number of fused-ring (bicyclic) bond motifs is 3. The van der Waals surface area contributed by atoms with E-state index >= 15 is 0 Å². The van der Waals surface area contributed by atoms with Gasteiger partial charge in [0.2, 0.25) is 5.91 Å². The van der Waals surface area contributed by atoms with E-state index in [-0.39, 0.29) is 23.5 Å². The molecule has 31 heavy (non-hydrogen) atoms. The van der Waals surface area contributed by atoms with Crippen molar-refractivity contribution in [3.05, 3.63) is 59.9 Å². The maximum atomic E-state index is 13.1. The van der Waals surface area contributed by atoms with E-state index in [4.69, 9.17) is 9.98 Å². The minimum atomic E-state index is -0.485. The Kier molecular flexibility index (Phi) is 5.91. The molecule has 0 unspecified atom stereocenters. The highest BCUT2D eigenvalue weighted by Gasteiger charge is 2.43. The van der Waals surface area contributed by atoms with E-state index in [1.807, 2.05) is 45.0 Å². The number of amidine groups is 2. The molecule has 2 aliphatic rings. The molecule has 0 fully saturated rings. The standard InChI is InChI=1S/C23H23FN4O2S/c1-4-18(21(29)25-15-11-9-14(24)10-12-15)31-23-26-17-8-6-5-7-16(17)20-27-19(13(2)3)22(30)28(20)23/h5-13,18-19H,4H2,1-3H3,(H,25,29)/t18-,19+/m1/s1. The Labute approximate surface area is 184 Å². The average molecular weight is 439 g/mol. The number of thioether (sulfide) groups is 1. The molecule has 0 saturated carbocycles. The maximum Gasteiger partial charge on any atom is 0.259 e. The van der Waals surface area contributed by atoms with Gasteiger partial charge in [-0.25, -0.2) is 14.3 Å². The van der Waals surface area contributed by atoms with E-state index in [1.165, 1.54) is 36.0 Å². The smallest absolute Gasteiger partial charge is 0.259 e. The molecule has 160 valence electrons. The van der Waals surface area contributed by atoms with Gasteiger partial charge in [-0.05, 0) is 48.7 Å². The lowest BCUT2D eigenvalue weighted by Crippen LogP contribution is -2.43. The number of amides is 2. The van der Waals surface area contributed by atoms with E-state index in [9.17, 15) is 14.0 Å². The lowest BCUT2D eigenvalue weighted by atomic mass is 10.1. The first kappa shape index (κ1) is 21.2. The van der Waals surface area contributed by atoms with Crippen LogP contribution in [0.5, 0.6) is 0 Å². The van der Waals surface area contributed by atoms with Crippen molar-refractivity contribution in [2.24, 2.45) is 15.9 Å². The lowest BCUT2D eigenvalue weighted by molar-refractivity contribution is -0.125. The fraction of sp³-hybridized carbons (Fsp3) is 0.304. The van der Waals surface area contributed by atoms with E-state index < -0.39 is 11.3 Å². The van der Waals surface area contributed by atoms with Crippen molar-refractivity contribution in [3.8, 4) is 0 Å². The summed E-state index contributed by atoms with van der Waals surface area (Å²) >= 11 is 1.24. The molecule has 0 spiro atoms. The largest absolute Gasteiger partial charge is 0.325 e. The Balaban J connectivity index is 1.62. The average Bonchev–Trinajstić information content (AvgIpc) is 3.11. The fourth-order valence-corrected chi connectivity index (χ4v) is 4.51. The summed E-state index contributed by atoms with van der Waals surface area (Å²) < 4.78 is 13.1. The van der Waals surface area contributed by atoms with Crippen molar-refractivity contribution < 1.29 is 14.0 Å². The van der Waals surface area contributed by atoms with Crippen LogP contribution in [0.3, 0.4) is 0 Å². The summed E-state index contributed by atoms with van der Waals surface area (Å²) in [6.07, 6.45) is 0.528. The number of para-hydroxylation sites is 1. The third-order valence-corrected chi connectivity index (χ3v) is 6.47. The zero-order valence-corrected chi connectivity index (χ0v) is 18.3. The van der Waals surface area contributed by atoms with E-state index in [2.05, 4.69) is 5.32 Å². The number of carbonyl (C=O) groups is 2. The Morgan fingerprint density at radius 2 is 1.90 bits per heavy atom. The van der Waals surface area contributed by atoms with E-state index in [1.54, 1.807) is 4.90 Å². The van der Waals surface area contributed by atoms with Gasteiger partial charge in [-0.2, -0.15) is 0 Å². The summed E-state index contributed by atoms with van der Waals surface area (Å²) in [6, 6.07) is 12.7. The van der Waals surface area contributed by atoms with Gasteiger partial charge in [0.05, 0.1) is 10.9 Å². The van der Waals surface area contributed by atoms with Crippen molar-refractivity contribution >= 4 is 46.0 Å². The first-order valence-electron chi connectivity index (χ1n) is 10.2. The summed E-state index contributed by atoms with van der Waals surface area (Å²) in [5.41, 5.74) is 2.05. The Morgan fingerprint density at radius 3 is 2.58 bits per heavy atom. The summed E-state index contributed by atoms with van der Waals surface area (Å²) in [5.74, 6) is -0.0853. The number of benzene rings is 2. The quantitative estimate of drug-likeness (QED) is 0.742. The number of hydrogen-bond acceptors (Lipinski definition) is 5. The molecule has 2 aliphatic heterocycles. The summed E-state index contributed by atoms with van der Waals surface area (Å²) in [7, 11) is 0. The number of nitrogens with zero attached hydrogens (tertiary/aromatic N) is 3. The van der Waals surface area contributed by atoms with Gasteiger partial charge >= 0.3 is 0 Å². The highest BCUT2D eigenvalue weighted by molar-refractivity contribution is 8.15. The van der Waals surface area contributed by atoms with Crippen molar-refractivity contribution in [2.45, 2.75) is 38.5 Å². The number of anilines is 1. The van der Waals surface area contributed by atoms with Crippen LogP contribution in [0.4, 0.5) is 15.8 Å². The minimum absolute atomic E-state index is 0.0489. The fourth-order valence-electron chi connectivity index (χ4n) is 3.49. The van der Waals surface area contributed by atoms with Crippen LogP contribution >= 0.6 is 11.8 Å². The third-order valence-electron chi connectivity index (χ3n) is 5.15. The summed E-state index contributed by atoms with van der Waals surface area (Å²) in [6.45, 7) is 5.83. The van der Waals surface area contributed by atoms with Crippen LogP contribution in [0.25, 0.3) is 0 Å². The minimum Gasteiger partial charge on any atom is -0.325 e. The second-order valence-corrected chi connectivity index (χ2v) is 8.91. The first-order chi connectivity index (χ1) is 14.9. The monoisotopic (exact) mass is 438 g/mol. The molecule has 0 aliphatic carbocycles. The second-order valence-electron chi connectivity index (χ2n) is 7.74. The van der Waals surface area contributed by atoms with Crippen LogP contribution in [0.2, 0.25) is 0 Å². The topological polar surface area (TPSA) is 74.1 Å². The second kappa shape index (κ2) is 8.63. The molecule has 0 aromatic heterocycles. The molecule has 1 N–H and O–H groups in total. The number of hydrogen-bond donors (Lipinski definition) is 1. The molecule has 8 heteroatoms. The molecule has 0 bridgehead atoms. The van der Waals surface area contributed by atoms with Gasteiger partial charge in [-0.1, -0.05) is 44.7 Å². The molecule has 2 amide bonds. The predicted molar refractivity (Wildman–Crippen MR) is 122 cm³/mol. The number of halogens is 1. The van der Waals surface area contributed by atoms with Crippen LogP contribution in [-0.2, 0) is 9.59 Å². The molecule has 2 heterocycles. The van der Waals surface area contributed by atoms with Crippen molar-refractivity contribution in [1.29, 1.82) is 0 Å².